The molecule has 1 N–H and O–H groups in total. The lowest BCUT2D eigenvalue weighted by Crippen LogP contribution is -2.43. The molecular weight excluding hydrogens is 444 g/mol. The predicted octanol–water partition coefficient (Wildman–Crippen LogP) is 3.16. The van der Waals surface area contributed by atoms with Gasteiger partial charge in [-0.3, -0.25) is 18.9 Å². The molecule has 0 amide bonds. The number of rotatable bonds is 4. The first-order valence-electron chi connectivity index (χ1n) is 11.3. The first kappa shape index (κ1) is 22.3. The van der Waals surface area contributed by atoms with Crippen LogP contribution in [0.4, 0.5) is 5.82 Å². The number of hydrogen-bond donors (Lipinski definition) is 1. The number of nitrogens with one attached hydrogen (secondary N) is 1. The van der Waals surface area contributed by atoms with Gasteiger partial charge >= 0.3 is 11.7 Å². The standard InChI is InChI=1S/C27H24N4O4/c1-4-35-26(33)21-20(18-12-13-19-17(15-18)11-8-14-28-19)22-24(30(2)27(34)31(3)25(22)32)29-23(21)16-9-6-5-7-10-16/h5-15,20,29H,4H2,1-3H3/t20-/m0/s1. The molecule has 1 atom stereocenters. The molecule has 1 aliphatic heterocycles. The van der Waals surface area contributed by atoms with Crippen molar-refractivity contribution in [2.45, 2.75) is 12.8 Å². The third kappa shape index (κ3) is 3.63. The molecule has 8 heteroatoms. The fraction of sp³-hybridized carbons (Fsp3) is 0.185. The van der Waals surface area contributed by atoms with Gasteiger partial charge in [0, 0.05) is 25.7 Å². The smallest absolute Gasteiger partial charge is 0.337 e. The highest BCUT2D eigenvalue weighted by molar-refractivity contribution is 6.04. The zero-order valence-electron chi connectivity index (χ0n) is 19.6. The fourth-order valence-electron chi connectivity index (χ4n) is 4.62. The second-order valence-corrected chi connectivity index (χ2v) is 8.36. The van der Waals surface area contributed by atoms with Gasteiger partial charge in [0.2, 0.25) is 0 Å². The molecule has 5 rings (SSSR count). The molecule has 0 saturated carbocycles. The van der Waals surface area contributed by atoms with Crippen LogP contribution >= 0.6 is 0 Å². The molecule has 35 heavy (non-hydrogen) atoms. The van der Waals surface area contributed by atoms with E-state index in [4.69, 9.17) is 4.74 Å². The van der Waals surface area contributed by atoms with Gasteiger partial charge in [0.15, 0.2) is 0 Å². The van der Waals surface area contributed by atoms with E-state index in [1.807, 2.05) is 60.7 Å². The van der Waals surface area contributed by atoms with Crippen molar-refractivity contribution < 1.29 is 9.53 Å². The second kappa shape index (κ2) is 8.72. The topological polar surface area (TPSA) is 95.2 Å². The van der Waals surface area contributed by atoms with Crippen LogP contribution in [-0.2, 0) is 23.6 Å². The van der Waals surface area contributed by atoms with E-state index >= 15 is 0 Å². The number of ether oxygens (including phenoxy) is 1. The molecule has 2 aromatic carbocycles. The van der Waals surface area contributed by atoms with Crippen LogP contribution in [0.25, 0.3) is 16.6 Å². The first-order chi connectivity index (χ1) is 16.9. The Kier molecular flexibility index (Phi) is 5.56. The van der Waals surface area contributed by atoms with Crippen LogP contribution < -0.4 is 16.6 Å². The number of benzene rings is 2. The molecule has 0 unspecified atom stereocenters. The molecule has 0 aliphatic carbocycles. The maximum absolute atomic E-state index is 13.5. The number of pyridine rings is 1. The normalized spacial score (nSPS) is 15.0. The average Bonchev–Trinajstić information content (AvgIpc) is 2.89. The molecule has 1 aliphatic rings. The van der Waals surface area contributed by atoms with Crippen LogP contribution in [0.3, 0.4) is 0 Å². The number of fused-ring (bicyclic) bond motifs is 2. The van der Waals surface area contributed by atoms with Crippen LogP contribution in [0.2, 0.25) is 0 Å². The van der Waals surface area contributed by atoms with E-state index < -0.39 is 23.1 Å². The van der Waals surface area contributed by atoms with Crippen LogP contribution in [0.5, 0.6) is 0 Å². The van der Waals surface area contributed by atoms with E-state index in [-0.39, 0.29) is 6.61 Å². The van der Waals surface area contributed by atoms with Crippen molar-refractivity contribution >= 4 is 28.4 Å². The molecule has 4 aromatic rings. The zero-order chi connectivity index (χ0) is 24.7. The summed E-state index contributed by atoms with van der Waals surface area (Å²) in [6.07, 6.45) is 1.71. The van der Waals surface area contributed by atoms with Crippen LogP contribution in [0, 0.1) is 0 Å². The van der Waals surface area contributed by atoms with E-state index in [0.717, 1.165) is 26.6 Å². The zero-order valence-corrected chi connectivity index (χ0v) is 19.6. The fourth-order valence-corrected chi connectivity index (χ4v) is 4.62. The Morgan fingerprint density at radius 3 is 2.54 bits per heavy atom. The second-order valence-electron chi connectivity index (χ2n) is 8.36. The van der Waals surface area contributed by atoms with Crippen molar-refractivity contribution in [3.05, 3.63) is 110 Å². The van der Waals surface area contributed by atoms with Crippen LogP contribution in [-0.4, -0.2) is 26.7 Å². The molecule has 3 heterocycles. The van der Waals surface area contributed by atoms with Gasteiger partial charge in [-0.1, -0.05) is 42.5 Å². The van der Waals surface area contributed by atoms with Gasteiger partial charge in [0.25, 0.3) is 5.56 Å². The van der Waals surface area contributed by atoms with Crippen molar-refractivity contribution in [1.29, 1.82) is 0 Å². The summed E-state index contributed by atoms with van der Waals surface area (Å²) in [5.74, 6) is -0.950. The van der Waals surface area contributed by atoms with E-state index in [9.17, 15) is 14.4 Å². The third-order valence-electron chi connectivity index (χ3n) is 6.31. The Labute approximate surface area is 201 Å². The van der Waals surface area contributed by atoms with Crippen molar-refractivity contribution in [3.63, 3.8) is 0 Å². The first-order valence-corrected chi connectivity index (χ1v) is 11.3. The van der Waals surface area contributed by atoms with Crippen LogP contribution in [0.15, 0.2) is 82.0 Å². The van der Waals surface area contributed by atoms with Gasteiger partial charge in [0.1, 0.15) is 5.82 Å². The number of aromatic nitrogens is 3. The highest BCUT2D eigenvalue weighted by atomic mass is 16.5. The van der Waals surface area contributed by atoms with Crippen molar-refractivity contribution in [2.75, 3.05) is 11.9 Å². The Balaban J connectivity index is 1.90. The highest BCUT2D eigenvalue weighted by Gasteiger charge is 2.39. The van der Waals surface area contributed by atoms with Gasteiger partial charge < -0.3 is 10.1 Å². The SMILES string of the molecule is CCOC(=O)C1=C(c2ccccc2)Nc2c(c(=O)n(C)c(=O)n2C)[C@H]1c1ccc2ncccc2c1. The van der Waals surface area contributed by atoms with Gasteiger partial charge in [-0.05, 0) is 36.2 Å². The number of hydrogen-bond acceptors (Lipinski definition) is 6. The maximum atomic E-state index is 13.5. The van der Waals surface area contributed by atoms with Gasteiger partial charge in [-0.25, -0.2) is 9.59 Å². The van der Waals surface area contributed by atoms with Crippen molar-refractivity contribution in [2.24, 2.45) is 14.1 Å². The van der Waals surface area contributed by atoms with Gasteiger partial charge in [0.05, 0.1) is 34.9 Å². The van der Waals surface area contributed by atoms with Crippen LogP contribution in [0.1, 0.15) is 29.5 Å². The number of carbonyl (C=O) groups excluding carboxylic acids is 1. The number of nitrogens with zero attached hydrogens (tertiary/aromatic N) is 3. The number of anilines is 1. The summed E-state index contributed by atoms with van der Waals surface area (Å²) < 4.78 is 7.95. The molecule has 0 saturated heterocycles. The van der Waals surface area contributed by atoms with Crippen molar-refractivity contribution in [1.82, 2.24) is 14.1 Å². The molecule has 8 nitrogen and oxygen atoms in total. The molecule has 0 spiro atoms. The lowest BCUT2D eigenvalue weighted by Gasteiger charge is -2.32. The monoisotopic (exact) mass is 468 g/mol. The summed E-state index contributed by atoms with van der Waals surface area (Å²) in [6.45, 7) is 1.92. The summed E-state index contributed by atoms with van der Waals surface area (Å²) in [5.41, 5.74) is 2.43. The molecule has 2 aromatic heterocycles. The Hall–Kier alpha value is -4.46. The maximum Gasteiger partial charge on any atom is 0.337 e. The summed E-state index contributed by atoms with van der Waals surface area (Å²) in [4.78, 5) is 44.2. The minimum Gasteiger partial charge on any atom is -0.463 e. The lowest BCUT2D eigenvalue weighted by atomic mass is 9.80. The molecule has 0 fully saturated rings. The van der Waals surface area contributed by atoms with E-state index in [0.29, 0.717) is 22.7 Å². The van der Waals surface area contributed by atoms with Gasteiger partial charge in [-0.15, -0.1) is 0 Å². The molecule has 176 valence electrons. The molecule has 0 bridgehead atoms. The third-order valence-corrected chi connectivity index (χ3v) is 6.31. The Morgan fingerprint density at radius 2 is 1.80 bits per heavy atom. The minimum absolute atomic E-state index is 0.177. The van der Waals surface area contributed by atoms with E-state index in [1.54, 1.807) is 20.2 Å². The summed E-state index contributed by atoms with van der Waals surface area (Å²) in [6, 6.07) is 18.8. The van der Waals surface area contributed by atoms with Gasteiger partial charge in [-0.2, -0.15) is 0 Å². The van der Waals surface area contributed by atoms with Crippen molar-refractivity contribution in [3.8, 4) is 0 Å². The summed E-state index contributed by atoms with van der Waals surface area (Å²) in [7, 11) is 3.04. The predicted molar refractivity (Wildman–Crippen MR) is 134 cm³/mol. The highest BCUT2D eigenvalue weighted by Crippen LogP contribution is 2.43. The molecule has 0 radical (unpaired) electrons. The molecular formula is C27H24N4O4. The average molecular weight is 469 g/mol. The lowest BCUT2D eigenvalue weighted by molar-refractivity contribution is -0.138. The minimum atomic E-state index is -0.768. The van der Waals surface area contributed by atoms with E-state index in [1.165, 1.54) is 11.6 Å². The quantitative estimate of drug-likeness (QED) is 0.463. The number of carbonyl (C=O) groups is 1. The largest absolute Gasteiger partial charge is 0.463 e. The summed E-state index contributed by atoms with van der Waals surface area (Å²) >= 11 is 0. The van der Waals surface area contributed by atoms with E-state index in [2.05, 4.69) is 10.3 Å². The number of esters is 1. The Bertz CT molecular complexity index is 1620. The Morgan fingerprint density at radius 1 is 1.03 bits per heavy atom. The summed E-state index contributed by atoms with van der Waals surface area (Å²) in [5, 5.41) is 4.10.